The van der Waals surface area contributed by atoms with Gasteiger partial charge in [-0.05, 0) is 39.7 Å². The van der Waals surface area contributed by atoms with Crippen LogP contribution in [0.3, 0.4) is 0 Å². The molecule has 2 heterocycles. The van der Waals surface area contributed by atoms with E-state index in [1.165, 1.54) is 18.4 Å². The maximum absolute atomic E-state index is 12.7. The summed E-state index contributed by atoms with van der Waals surface area (Å²) in [5.41, 5.74) is 1.48. The van der Waals surface area contributed by atoms with Crippen LogP contribution in [-0.4, -0.2) is 59.2 Å². The number of aromatic nitrogens is 2. The molecule has 1 aromatic rings. The van der Waals surface area contributed by atoms with E-state index in [2.05, 4.69) is 40.3 Å². The minimum Gasteiger partial charge on any atom is -0.338 e. The predicted molar refractivity (Wildman–Crippen MR) is 99.7 cm³/mol. The van der Waals surface area contributed by atoms with Crippen LogP contribution in [0.15, 0.2) is 16.2 Å². The van der Waals surface area contributed by atoms with E-state index in [1.54, 1.807) is 0 Å². The first-order chi connectivity index (χ1) is 12.4. The van der Waals surface area contributed by atoms with Gasteiger partial charge < -0.3 is 14.7 Å². The standard InChI is InChI=1S/C19H31N5O2/c1-14-21-17(26-22-14)16-12-24(11-10-23(16)4)18(25)20-13-19(2,3)15-8-6-5-7-9-15/h8,16H,5-7,9-13H2,1-4H3,(H,20,25). The zero-order chi connectivity index (χ0) is 18.7. The van der Waals surface area contributed by atoms with Crippen LogP contribution in [0, 0.1) is 12.3 Å². The Balaban J connectivity index is 1.58. The van der Waals surface area contributed by atoms with Gasteiger partial charge in [0.1, 0.15) is 6.04 Å². The lowest BCUT2D eigenvalue weighted by Crippen LogP contribution is -2.53. The van der Waals surface area contributed by atoms with E-state index in [-0.39, 0.29) is 17.5 Å². The van der Waals surface area contributed by atoms with Crippen molar-refractivity contribution in [2.45, 2.75) is 52.5 Å². The van der Waals surface area contributed by atoms with Crippen LogP contribution in [0.25, 0.3) is 0 Å². The smallest absolute Gasteiger partial charge is 0.317 e. The van der Waals surface area contributed by atoms with Crippen LogP contribution in [0.5, 0.6) is 0 Å². The zero-order valence-electron chi connectivity index (χ0n) is 16.4. The lowest BCUT2D eigenvalue weighted by molar-refractivity contribution is 0.0903. The maximum Gasteiger partial charge on any atom is 0.317 e. The molecule has 1 fully saturated rings. The van der Waals surface area contributed by atoms with Gasteiger partial charge in [-0.1, -0.05) is 30.7 Å². The number of rotatable bonds is 4. The summed E-state index contributed by atoms with van der Waals surface area (Å²) in [6.45, 7) is 8.96. The van der Waals surface area contributed by atoms with Crippen molar-refractivity contribution in [2.75, 3.05) is 33.2 Å². The number of allylic oxidation sites excluding steroid dienone is 1. The largest absolute Gasteiger partial charge is 0.338 e. The fourth-order valence-electron chi connectivity index (χ4n) is 3.75. The summed E-state index contributed by atoms with van der Waals surface area (Å²) in [6, 6.07) is -0.0615. The van der Waals surface area contributed by atoms with Gasteiger partial charge in [-0.2, -0.15) is 4.98 Å². The van der Waals surface area contributed by atoms with Crippen LogP contribution in [-0.2, 0) is 0 Å². The summed E-state index contributed by atoms with van der Waals surface area (Å²) >= 11 is 0. The molecular formula is C19H31N5O2. The van der Waals surface area contributed by atoms with E-state index in [4.69, 9.17) is 4.52 Å². The average Bonchev–Trinajstić information content (AvgIpc) is 3.07. The molecule has 2 aliphatic rings. The highest BCUT2D eigenvalue weighted by Crippen LogP contribution is 2.33. The van der Waals surface area contributed by atoms with Gasteiger partial charge in [-0.15, -0.1) is 0 Å². The van der Waals surface area contributed by atoms with Gasteiger partial charge in [0.15, 0.2) is 5.82 Å². The van der Waals surface area contributed by atoms with Gasteiger partial charge in [-0.25, -0.2) is 4.79 Å². The lowest BCUT2D eigenvalue weighted by atomic mass is 9.78. The molecule has 1 aliphatic carbocycles. The Bertz CT molecular complexity index is 667. The van der Waals surface area contributed by atoms with Crippen molar-refractivity contribution in [3.63, 3.8) is 0 Å². The molecule has 1 atom stereocenters. The molecule has 1 saturated heterocycles. The Hall–Kier alpha value is -1.89. The number of urea groups is 1. The second-order valence-corrected chi connectivity index (χ2v) is 8.14. The molecule has 0 saturated carbocycles. The minimum absolute atomic E-state index is 0.00561. The Morgan fingerprint density at radius 3 is 2.85 bits per heavy atom. The molecular weight excluding hydrogens is 330 g/mol. The van der Waals surface area contributed by atoms with Gasteiger partial charge in [0.25, 0.3) is 0 Å². The molecule has 1 unspecified atom stereocenters. The van der Waals surface area contributed by atoms with E-state index in [1.807, 2.05) is 18.9 Å². The number of hydrogen-bond acceptors (Lipinski definition) is 5. The highest BCUT2D eigenvalue weighted by atomic mass is 16.5. The second-order valence-electron chi connectivity index (χ2n) is 8.14. The van der Waals surface area contributed by atoms with Crippen LogP contribution in [0.1, 0.15) is 57.3 Å². The number of aryl methyl sites for hydroxylation is 1. The van der Waals surface area contributed by atoms with Crippen molar-refractivity contribution in [1.82, 2.24) is 25.3 Å². The Kier molecular flexibility index (Phi) is 5.65. The number of carbonyl (C=O) groups is 1. The van der Waals surface area contributed by atoms with Crippen LogP contribution < -0.4 is 5.32 Å². The Morgan fingerprint density at radius 1 is 1.38 bits per heavy atom. The molecule has 7 heteroatoms. The molecule has 3 rings (SSSR count). The summed E-state index contributed by atoms with van der Waals surface area (Å²) in [5.74, 6) is 1.20. The lowest BCUT2D eigenvalue weighted by Gasteiger charge is -2.38. The van der Waals surface area contributed by atoms with Crippen molar-refractivity contribution in [1.29, 1.82) is 0 Å². The third-order valence-corrected chi connectivity index (χ3v) is 5.61. The molecule has 1 aromatic heterocycles. The topological polar surface area (TPSA) is 74.5 Å². The summed E-state index contributed by atoms with van der Waals surface area (Å²) in [5, 5.41) is 7.02. The van der Waals surface area contributed by atoms with E-state index in [0.29, 0.717) is 31.3 Å². The quantitative estimate of drug-likeness (QED) is 0.835. The van der Waals surface area contributed by atoms with Gasteiger partial charge in [0, 0.05) is 31.6 Å². The third kappa shape index (κ3) is 4.26. The first kappa shape index (κ1) is 18.9. The summed E-state index contributed by atoms with van der Waals surface area (Å²) < 4.78 is 5.33. The Labute approximate surface area is 155 Å². The summed E-state index contributed by atoms with van der Waals surface area (Å²) in [7, 11) is 2.03. The molecule has 2 amide bonds. The number of amides is 2. The van der Waals surface area contributed by atoms with Crippen molar-refractivity contribution in [3.05, 3.63) is 23.4 Å². The summed E-state index contributed by atoms with van der Waals surface area (Å²) in [6.07, 6.45) is 7.21. The van der Waals surface area contributed by atoms with Crippen molar-refractivity contribution in [2.24, 2.45) is 5.41 Å². The normalized spacial score (nSPS) is 22.2. The Morgan fingerprint density at radius 2 is 2.19 bits per heavy atom. The minimum atomic E-state index is -0.0511. The van der Waals surface area contributed by atoms with Crippen molar-refractivity contribution < 1.29 is 9.32 Å². The molecule has 26 heavy (non-hydrogen) atoms. The first-order valence-corrected chi connectivity index (χ1v) is 9.59. The molecule has 0 aromatic carbocycles. The van der Waals surface area contributed by atoms with Gasteiger partial charge in [0.05, 0.1) is 0 Å². The van der Waals surface area contributed by atoms with E-state index < -0.39 is 0 Å². The van der Waals surface area contributed by atoms with E-state index >= 15 is 0 Å². The van der Waals surface area contributed by atoms with Crippen LogP contribution in [0.2, 0.25) is 0 Å². The fraction of sp³-hybridized carbons (Fsp3) is 0.737. The number of carbonyl (C=O) groups excluding carboxylic acids is 1. The van der Waals surface area contributed by atoms with Gasteiger partial charge in [0.2, 0.25) is 5.89 Å². The monoisotopic (exact) mass is 361 g/mol. The highest BCUT2D eigenvalue weighted by Gasteiger charge is 2.33. The molecule has 7 nitrogen and oxygen atoms in total. The fourth-order valence-corrected chi connectivity index (χ4v) is 3.75. The SMILES string of the molecule is Cc1noc(C2CN(C(=O)NCC(C)(C)C3=CCCCC3)CCN2C)n1. The average molecular weight is 361 g/mol. The van der Waals surface area contributed by atoms with Crippen LogP contribution in [0.4, 0.5) is 4.79 Å². The number of nitrogens with one attached hydrogen (secondary N) is 1. The number of hydrogen-bond donors (Lipinski definition) is 1. The van der Waals surface area contributed by atoms with Crippen molar-refractivity contribution in [3.8, 4) is 0 Å². The first-order valence-electron chi connectivity index (χ1n) is 9.59. The maximum atomic E-state index is 12.7. The predicted octanol–water partition coefficient (Wildman–Crippen LogP) is 2.90. The number of piperazine rings is 1. The zero-order valence-corrected chi connectivity index (χ0v) is 16.4. The summed E-state index contributed by atoms with van der Waals surface area (Å²) in [4.78, 5) is 21.1. The molecule has 1 aliphatic heterocycles. The number of likely N-dealkylation sites (N-methyl/N-ethyl adjacent to an activating group) is 1. The second kappa shape index (κ2) is 7.78. The number of nitrogens with zero attached hydrogens (tertiary/aromatic N) is 4. The molecule has 1 N–H and O–H groups in total. The van der Waals surface area contributed by atoms with Gasteiger partial charge in [-0.3, -0.25) is 4.90 Å². The molecule has 0 radical (unpaired) electrons. The molecule has 0 spiro atoms. The highest BCUT2D eigenvalue weighted by molar-refractivity contribution is 5.74. The molecule has 144 valence electrons. The van der Waals surface area contributed by atoms with E-state index in [9.17, 15) is 4.79 Å². The molecule has 0 bridgehead atoms. The van der Waals surface area contributed by atoms with E-state index in [0.717, 1.165) is 19.4 Å². The van der Waals surface area contributed by atoms with Gasteiger partial charge >= 0.3 is 6.03 Å². The van der Waals surface area contributed by atoms with Crippen molar-refractivity contribution >= 4 is 6.03 Å². The van der Waals surface area contributed by atoms with Crippen LogP contribution >= 0.6 is 0 Å². The third-order valence-electron chi connectivity index (χ3n) is 5.61.